The topological polar surface area (TPSA) is 58.2 Å². The van der Waals surface area contributed by atoms with E-state index < -0.39 is 5.60 Å². The van der Waals surface area contributed by atoms with Crippen LogP contribution in [0.4, 0.5) is 4.79 Å². The number of carbonyl (C=O) groups excluding carboxylic acids is 1. The number of nitrogens with zero attached hydrogens (tertiary/aromatic N) is 2. The van der Waals surface area contributed by atoms with Gasteiger partial charge in [0.2, 0.25) is 0 Å². The summed E-state index contributed by atoms with van der Waals surface area (Å²) in [6, 6.07) is 0.411. The van der Waals surface area contributed by atoms with Gasteiger partial charge < -0.3 is 9.72 Å². The van der Waals surface area contributed by atoms with Crippen LogP contribution in [-0.2, 0) is 4.74 Å². The Morgan fingerprint density at radius 2 is 2.28 bits per heavy atom. The minimum absolute atomic E-state index is 0.0543. The van der Waals surface area contributed by atoms with Gasteiger partial charge in [-0.25, -0.2) is 9.78 Å². The molecule has 2 heterocycles. The number of nitrogens with one attached hydrogen (secondary N) is 1. The van der Waals surface area contributed by atoms with Crippen molar-refractivity contribution in [3.05, 3.63) is 18.2 Å². The lowest BCUT2D eigenvalue weighted by Crippen LogP contribution is -2.38. The van der Waals surface area contributed by atoms with Gasteiger partial charge in [-0.15, -0.1) is 0 Å². The van der Waals surface area contributed by atoms with Crippen molar-refractivity contribution in [3.63, 3.8) is 0 Å². The summed E-state index contributed by atoms with van der Waals surface area (Å²) in [6.07, 6.45) is 5.42. The summed E-state index contributed by atoms with van der Waals surface area (Å²) in [4.78, 5) is 21.5. The SMILES string of the molecule is CC(C)(C)OC(=O)N1C(c2ncc[nH]2)CC2CC21. The zero-order valence-electron chi connectivity index (χ0n) is 11.0. The van der Waals surface area contributed by atoms with Gasteiger partial charge in [0.1, 0.15) is 11.4 Å². The Kier molecular flexibility index (Phi) is 2.40. The molecule has 2 fully saturated rings. The van der Waals surface area contributed by atoms with E-state index in [4.69, 9.17) is 4.74 Å². The lowest BCUT2D eigenvalue weighted by Gasteiger charge is -2.29. The highest BCUT2D eigenvalue weighted by molar-refractivity contribution is 5.70. The van der Waals surface area contributed by atoms with Gasteiger partial charge in [-0.3, -0.25) is 4.90 Å². The average molecular weight is 249 g/mol. The third-order valence-corrected chi connectivity index (χ3v) is 3.54. The Labute approximate surface area is 107 Å². The van der Waals surface area contributed by atoms with E-state index in [1.807, 2.05) is 25.7 Å². The fourth-order valence-corrected chi connectivity index (χ4v) is 2.74. The summed E-state index contributed by atoms with van der Waals surface area (Å²) in [5.41, 5.74) is -0.447. The number of amides is 1. The number of hydrogen-bond acceptors (Lipinski definition) is 3. The molecular weight excluding hydrogens is 230 g/mol. The van der Waals surface area contributed by atoms with Crippen molar-refractivity contribution in [3.8, 4) is 0 Å². The Balaban J connectivity index is 1.78. The molecule has 3 unspecified atom stereocenters. The first-order valence-corrected chi connectivity index (χ1v) is 6.46. The van der Waals surface area contributed by atoms with Crippen molar-refractivity contribution in [1.82, 2.24) is 14.9 Å². The van der Waals surface area contributed by atoms with Crippen LogP contribution in [0.1, 0.15) is 45.5 Å². The number of aromatic nitrogens is 2. The summed E-state index contributed by atoms with van der Waals surface area (Å²) < 4.78 is 5.49. The minimum Gasteiger partial charge on any atom is -0.444 e. The third kappa shape index (κ3) is 1.98. The number of fused-ring (bicyclic) bond motifs is 1. The van der Waals surface area contributed by atoms with E-state index in [1.165, 1.54) is 0 Å². The summed E-state index contributed by atoms with van der Waals surface area (Å²) in [7, 11) is 0. The fraction of sp³-hybridized carbons (Fsp3) is 0.692. The molecule has 0 aromatic carbocycles. The largest absolute Gasteiger partial charge is 0.444 e. The first-order chi connectivity index (χ1) is 8.46. The minimum atomic E-state index is -0.447. The molecule has 5 heteroatoms. The number of rotatable bonds is 1. The number of likely N-dealkylation sites (tertiary alicyclic amines) is 1. The van der Waals surface area contributed by atoms with Crippen molar-refractivity contribution < 1.29 is 9.53 Å². The zero-order valence-corrected chi connectivity index (χ0v) is 11.0. The second-order valence-electron chi connectivity index (χ2n) is 6.18. The van der Waals surface area contributed by atoms with E-state index in [0.717, 1.165) is 18.7 Å². The maximum atomic E-state index is 12.3. The molecular formula is C13H19N3O2. The van der Waals surface area contributed by atoms with Crippen molar-refractivity contribution in [1.29, 1.82) is 0 Å². The summed E-state index contributed by atoms with van der Waals surface area (Å²) in [6.45, 7) is 5.69. The summed E-state index contributed by atoms with van der Waals surface area (Å²) in [5.74, 6) is 1.50. The average Bonchev–Trinajstić information content (AvgIpc) is 2.76. The molecule has 0 spiro atoms. The standard InChI is InChI=1S/C13H19N3O2/c1-13(2,3)18-12(17)16-9-6-8(9)7-10(16)11-14-4-5-15-11/h4-5,8-10H,6-7H2,1-3H3,(H,14,15). The Bertz CT molecular complexity index is 449. The van der Waals surface area contributed by atoms with Gasteiger partial charge >= 0.3 is 6.09 Å². The smallest absolute Gasteiger partial charge is 0.411 e. The summed E-state index contributed by atoms with van der Waals surface area (Å²) >= 11 is 0. The Morgan fingerprint density at radius 1 is 1.50 bits per heavy atom. The number of imidazole rings is 1. The van der Waals surface area contributed by atoms with Crippen molar-refractivity contribution in [2.75, 3.05) is 0 Å². The van der Waals surface area contributed by atoms with Gasteiger partial charge in [0.25, 0.3) is 0 Å². The van der Waals surface area contributed by atoms with Crippen molar-refractivity contribution in [2.24, 2.45) is 5.92 Å². The predicted molar refractivity (Wildman–Crippen MR) is 65.9 cm³/mol. The van der Waals surface area contributed by atoms with Crippen LogP contribution in [0.25, 0.3) is 0 Å². The zero-order chi connectivity index (χ0) is 12.9. The van der Waals surface area contributed by atoms with E-state index in [9.17, 15) is 4.79 Å². The van der Waals surface area contributed by atoms with E-state index in [-0.39, 0.29) is 12.1 Å². The quantitative estimate of drug-likeness (QED) is 0.831. The molecule has 1 N–H and O–H groups in total. The molecule has 0 radical (unpaired) electrons. The lowest BCUT2D eigenvalue weighted by atomic mass is 10.1. The van der Waals surface area contributed by atoms with Crippen LogP contribution in [-0.4, -0.2) is 32.6 Å². The highest BCUT2D eigenvalue weighted by Gasteiger charge is 2.56. The molecule has 1 aromatic heterocycles. The van der Waals surface area contributed by atoms with E-state index in [2.05, 4.69) is 9.97 Å². The van der Waals surface area contributed by atoms with Crippen molar-refractivity contribution in [2.45, 2.75) is 51.3 Å². The van der Waals surface area contributed by atoms with E-state index in [0.29, 0.717) is 12.0 Å². The van der Waals surface area contributed by atoms with Crippen LogP contribution >= 0.6 is 0 Å². The second kappa shape index (κ2) is 3.73. The Hall–Kier alpha value is -1.52. The molecule has 1 amide bonds. The molecule has 1 saturated heterocycles. The maximum absolute atomic E-state index is 12.3. The Morgan fingerprint density at radius 3 is 2.89 bits per heavy atom. The maximum Gasteiger partial charge on any atom is 0.411 e. The number of aromatic amines is 1. The van der Waals surface area contributed by atoms with Gasteiger partial charge in [-0.05, 0) is 39.5 Å². The van der Waals surface area contributed by atoms with Crippen LogP contribution < -0.4 is 0 Å². The number of ether oxygens (including phenoxy) is 1. The fourth-order valence-electron chi connectivity index (χ4n) is 2.74. The number of piperidine rings is 1. The van der Waals surface area contributed by atoms with Gasteiger partial charge in [0.05, 0.1) is 6.04 Å². The van der Waals surface area contributed by atoms with Crippen LogP contribution in [0.5, 0.6) is 0 Å². The van der Waals surface area contributed by atoms with Gasteiger partial charge in [0.15, 0.2) is 0 Å². The second-order valence-corrected chi connectivity index (χ2v) is 6.18. The molecule has 1 aliphatic heterocycles. The monoisotopic (exact) mass is 249 g/mol. The molecule has 2 aliphatic rings. The first-order valence-electron chi connectivity index (χ1n) is 6.46. The molecule has 3 rings (SSSR count). The highest BCUT2D eigenvalue weighted by Crippen LogP contribution is 2.53. The van der Waals surface area contributed by atoms with Crippen LogP contribution in [0.3, 0.4) is 0 Å². The third-order valence-electron chi connectivity index (χ3n) is 3.54. The normalized spacial score (nSPS) is 30.2. The molecule has 18 heavy (non-hydrogen) atoms. The molecule has 3 atom stereocenters. The number of hydrogen-bond donors (Lipinski definition) is 1. The van der Waals surface area contributed by atoms with E-state index in [1.54, 1.807) is 12.4 Å². The molecule has 1 aromatic rings. The first kappa shape index (κ1) is 11.6. The molecule has 0 bridgehead atoms. The van der Waals surface area contributed by atoms with Crippen molar-refractivity contribution >= 4 is 6.09 Å². The number of carbonyl (C=O) groups is 1. The van der Waals surface area contributed by atoms with Crippen LogP contribution in [0.15, 0.2) is 12.4 Å². The van der Waals surface area contributed by atoms with Crippen LogP contribution in [0.2, 0.25) is 0 Å². The van der Waals surface area contributed by atoms with E-state index >= 15 is 0 Å². The van der Waals surface area contributed by atoms with Gasteiger partial charge in [-0.2, -0.15) is 0 Å². The van der Waals surface area contributed by atoms with Gasteiger partial charge in [0, 0.05) is 18.4 Å². The molecule has 1 aliphatic carbocycles. The molecule has 5 nitrogen and oxygen atoms in total. The summed E-state index contributed by atoms with van der Waals surface area (Å²) in [5, 5.41) is 0. The van der Waals surface area contributed by atoms with Crippen LogP contribution in [0, 0.1) is 5.92 Å². The molecule has 98 valence electrons. The highest BCUT2D eigenvalue weighted by atomic mass is 16.6. The predicted octanol–water partition coefficient (Wildman–Crippen LogP) is 2.48. The molecule has 1 saturated carbocycles. The van der Waals surface area contributed by atoms with Gasteiger partial charge in [-0.1, -0.05) is 0 Å². The number of H-pyrrole nitrogens is 1. The lowest BCUT2D eigenvalue weighted by molar-refractivity contribution is 0.0175.